The molecule has 0 radical (unpaired) electrons. The lowest BCUT2D eigenvalue weighted by molar-refractivity contribution is 0.102. The van der Waals surface area contributed by atoms with Gasteiger partial charge in [-0.25, -0.2) is 0 Å². The van der Waals surface area contributed by atoms with Crippen LogP contribution in [0, 0.1) is 0 Å². The van der Waals surface area contributed by atoms with E-state index < -0.39 is 0 Å². The zero-order chi connectivity index (χ0) is 19.0. The highest BCUT2D eigenvalue weighted by Crippen LogP contribution is 2.37. The van der Waals surface area contributed by atoms with Gasteiger partial charge in [-0.2, -0.15) is 0 Å². The molecule has 0 amide bonds. The van der Waals surface area contributed by atoms with Crippen LogP contribution in [0.2, 0.25) is 0 Å². The van der Waals surface area contributed by atoms with Crippen molar-refractivity contribution in [2.45, 2.75) is 38.3 Å². The molecule has 1 N–H and O–H groups in total. The standard InChI is InChI=1S/C21H23Br3N2O/c22-14-5-6-20-17(9-14)18-10-15(23)11-19(24)21(18)26(20)13-16(27)12-25-7-3-1-2-4-8-25/h5-6,9-11,16,27H,1-4,7-8,12-13H2. The maximum atomic E-state index is 10.9. The molecule has 1 fully saturated rings. The molecular formula is C21H23Br3N2O. The fraction of sp³-hybridized carbons (Fsp3) is 0.429. The van der Waals surface area contributed by atoms with E-state index in [1.807, 2.05) is 0 Å². The summed E-state index contributed by atoms with van der Waals surface area (Å²) in [6, 6.07) is 10.6. The second kappa shape index (κ2) is 8.54. The van der Waals surface area contributed by atoms with Gasteiger partial charge >= 0.3 is 0 Å². The number of hydrogen-bond donors (Lipinski definition) is 1. The fourth-order valence-corrected chi connectivity index (χ4v) is 6.00. The summed E-state index contributed by atoms with van der Waals surface area (Å²) in [5.74, 6) is 0. The fourth-order valence-electron chi connectivity index (χ4n) is 4.20. The number of halogens is 3. The zero-order valence-electron chi connectivity index (χ0n) is 15.1. The average molecular weight is 559 g/mol. The third kappa shape index (κ3) is 4.30. The van der Waals surface area contributed by atoms with Crippen molar-refractivity contribution in [3.05, 3.63) is 43.7 Å². The zero-order valence-corrected chi connectivity index (χ0v) is 19.9. The van der Waals surface area contributed by atoms with E-state index in [-0.39, 0.29) is 6.10 Å². The SMILES string of the molecule is OC(CN1CCCCCC1)Cn1c2ccc(Br)cc2c2cc(Br)cc(Br)c21. The lowest BCUT2D eigenvalue weighted by Gasteiger charge is -2.24. The Kier molecular flexibility index (Phi) is 6.29. The molecule has 6 heteroatoms. The van der Waals surface area contributed by atoms with Gasteiger partial charge in [0, 0.05) is 36.3 Å². The molecule has 0 saturated carbocycles. The van der Waals surface area contributed by atoms with Crippen LogP contribution in [0.3, 0.4) is 0 Å². The first-order valence-electron chi connectivity index (χ1n) is 9.50. The van der Waals surface area contributed by atoms with Crippen LogP contribution >= 0.6 is 47.8 Å². The van der Waals surface area contributed by atoms with E-state index in [2.05, 4.69) is 87.6 Å². The molecule has 0 bridgehead atoms. The van der Waals surface area contributed by atoms with Gasteiger partial charge < -0.3 is 14.6 Å². The number of hydrogen-bond acceptors (Lipinski definition) is 2. The average Bonchev–Trinajstić information content (AvgIpc) is 2.76. The minimum atomic E-state index is -0.388. The Morgan fingerprint density at radius 2 is 1.56 bits per heavy atom. The molecule has 3 aromatic rings. The van der Waals surface area contributed by atoms with Crippen LogP contribution in [0.5, 0.6) is 0 Å². The molecule has 1 atom stereocenters. The summed E-state index contributed by atoms with van der Waals surface area (Å²) in [4.78, 5) is 2.42. The number of benzene rings is 2. The molecule has 1 aliphatic rings. The summed E-state index contributed by atoms with van der Waals surface area (Å²) in [5, 5.41) is 13.3. The van der Waals surface area contributed by atoms with Gasteiger partial charge in [0.25, 0.3) is 0 Å². The van der Waals surface area contributed by atoms with Gasteiger partial charge in [-0.15, -0.1) is 0 Å². The molecule has 3 nitrogen and oxygen atoms in total. The van der Waals surface area contributed by atoms with Crippen molar-refractivity contribution in [1.29, 1.82) is 0 Å². The van der Waals surface area contributed by atoms with Crippen LogP contribution in [-0.4, -0.2) is 40.3 Å². The van der Waals surface area contributed by atoms with Crippen LogP contribution in [0.1, 0.15) is 25.7 Å². The van der Waals surface area contributed by atoms with Crippen molar-refractivity contribution in [1.82, 2.24) is 9.47 Å². The molecule has 0 aliphatic carbocycles. The van der Waals surface area contributed by atoms with E-state index in [1.54, 1.807) is 0 Å². The third-order valence-electron chi connectivity index (χ3n) is 5.40. The highest BCUT2D eigenvalue weighted by atomic mass is 79.9. The Morgan fingerprint density at radius 1 is 0.852 bits per heavy atom. The number of nitrogens with zero attached hydrogens (tertiary/aromatic N) is 2. The molecule has 1 saturated heterocycles. The molecule has 1 aromatic heterocycles. The van der Waals surface area contributed by atoms with Crippen molar-refractivity contribution < 1.29 is 5.11 Å². The van der Waals surface area contributed by atoms with Gasteiger partial charge in [-0.3, -0.25) is 0 Å². The molecule has 4 rings (SSSR count). The monoisotopic (exact) mass is 556 g/mol. The Labute approximate surface area is 185 Å². The molecule has 144 valence electrons. The molecule has 2 heterocycles. The maximum Gasteiger partial charge on any atom is 0.0845 e. The lowest BCUT2D eigenvalue weighted by Crippen LogP contribution is -2.35. The van der Waals surface area contributed by atoms with E-state index in [4.69, 9.17) is 0 Å². The van der Waals surface area contributed by atoms with E-state index in [0.717, 1.165) is 44.1 Å². The third-order valence-corrected chi connectivity index (χ3v) is 6.95. The molecule has 27 heavy (non-hydrogen) atoms. The quantitative estimate of drug-likeness (QED) is 0.406. The van der Waals surface area contributed by atoms with Crippen molar-refractivity contribution in [2.24, 2.45) is 0 Å². The smallest absolute Gasteiger partial charge is 0.0845 e. The Hall–Kier alpha value is -0.400. The summed E-state index contributed by atoms with van der Waals surface area (Å²) >= 11 is 11.0. The van der Waals surface area contributed by atoms with Crippen LogP contribution in [0.25, 0.3) is 21.8 Å². The number of fused-ring (bicyclic) bond motifs is 3. The van der Waals surface area contributed by atoms with E-state index in [1.165, 1.54) is 36.5 Å². The minimum Gasteiger partial charge on any atom is -0.390 e. The summed E-state index contributed by atoms with van der Waals surface area (Å²) in [5.41, 5.74) is 2.29. The second-order valence-corrected chi connectivity index (χ2v) is 10.1. The van der Waals surface area contributed by atoms with Crippen molar-refractivity contribution >= 4 is 69.6 Å². The highest BCUT2D eigenvalue weighted by molar-refractivity contribution is 9.11. The topological polar surface area (TPSA) is 28.4 Å². The number of aliphatic hydroxyl groups excluding tert-OH is 1. The van der Waals surface area contributed by atoms with Gasteiger partial charge in [0.05, 0.1) is 18.2 Å². The van der Waals surface area contributed by atoms with Gasteiger partial charge in [0.1, 0.15) is 0 Å². The summed E-state index contributed by atoms with van der Waals surface area (Å²) in [6.07, 6.45) is 4.73. The number of likely N-dealkylation sites (tertiary alicyclic amines) is 1. The molecule has 2 aromatic carbocycles. The molecule has 0 spiro atoms. The lowest BCUT2D eigenvalue weighted by atomic mass is 10.2. The Balaban J connectivity index is 1.71. The first-order chi connectivity index (χ1) is 13.0. The predicted octanol–water partition coefficient (Wildman–Crippen LogP) is 6.32. The van der Waals surface area contributed by atoms with Crippen LogP contribution in [-0.2, 0) is 6.54 Å². The van der Waals surface area contributed by atoms with Gasteiger partial charge in [0.2, 0.25) is 0 Å². The maximum absolute atomic E-state index is 10.9. The molecular weight excluding hydrogens is 536 g/mol. The largest absolute Gasteiger partial charge is 0.390 e. The highest BCUT2D eigenvalue weighted by Gasteiger charge is 2.19. The van der Waals surface area contributed by atoms with E-state index in [0.29, 0.717) is 6.54 Å². The van der Waals surface area contributed by atoms with E-state index in [9.17, 15) is 5.11 Å². The number of aliphatic hydroxyl groups is 1. The minimum absolute atomic E-state index is 0.388. The number of β-amino-alcohol motifs (C(OH)–C–C–N with tert-alkyl or cyclic N) is 1. The van der Waals surface area contributed by atoms with Crippen molar-refractivity contribution in [3.8, 4) is 0 Å². The van der Waals surface area contributed by atoms with Crippen LogP contribution in [0.4, 0.5) is 0 Å². The summed E-state index contributed by atoms with van der Waals surface area (Å²) < 4.78 is 5.42. The van der Waals surface area contributed by atoms with Crippen LogP contribution < -0.4 is 0 Å². The van der Waals surface area contributed by atoms with Gasteiger partial charge in [-0.05, 0) is 72.2 Å². The van der Waals surface area contributed by atoms with Crippen molar-refractivity contribution in [2.75, 3.05) is 19.6 Å². The van der Waals surface area contributed by atoms with Gasteiger partial charge in [-0.1, -0.05) is 44.7 Å². The first-order valence-corrected chi connectivity index (χ1v) is 11.9. The number of aromatic nitrogens is 1. The molecule has 1 aliphatic heterocycles. The normalized spacial score (nSPS) is 17.5. The summed E-state index contributed by atoms with van der Waals surface area (Å²) in [6.45, 7) is 3.55. The first kappa shape index (κ1) is 19.9. The summed E-state index contributed by atoms with van der Waals surface area (Å²) in [7, 11) is 0. The van der Waals surface area contributed by atoms with Crippen molar-refractivity contribution in [3.63, 3.8) is 0 Å². The second-order valence-electron chi connectivity index (χ2n) is 7.42. The van der Waals surface area contributed by atoms with Gasteiger partial charge in [0.15, 0.2) is 0 Å². The Bertz CT molecular complexity index is 961. The number of rotatable bonds is 4. The van der Waals surface area contributed by atoms with E-state index >= 15 is 0 Å². The van der Waals surface area contributed by atoms with Crippen LogP contribution in [0.15, 0.2) is 43.7 Å². The molecule has 1 unspecified atom stereocenters. The predicted molar refractivity (Wildman–Crippen MR) is 123 cm³/mol. The Morgan fingerprint density at radius 3 is 2.30 bits per heavy atom.